The van der Waals surface area contributed by atoms with Gasteiger partial charge in [-0.05, 0) is 189 Å². The number of aliphatic carboxylic acids is 1. The number of amides is 7. The molecule has 0 spiro atoms. The van der Waals surface area contributed by atoms with Crippen molar-refractivity contribution in [1.82, 2.24) is 37.2 Å². The number of carbonyl (C=O) groups excluding carboxylic acids is 7. The molecule has 82 heavy (non-hydrogen) atoms. The number of rotatable bonds is 41. The van der Waals surface area contributed by atoms with Crippen molar-refractivity contribution in [2.45, 2.75) is 164 Å². The fourth-order valence-corrected chi connectivity index (χ4v) is 8.84. The van der Waals surface area contributed by atoms with Crippen LogP contribution in [0.25, 0.3) is 0 Å². The van der Waals surface area contributed by atoms with Crippen LogP contribution >= 0.6 is 0 Å². The molecule has 454 valence electrons. The lowest BCUT2D eigenvalue weighted by Crippen LogP contribution is -2.60. The predicted molar refractivity (Wildman–Crippen MR) is 309 cm³/mol. The maximum Gasteiger partial charge on any atom is 0.326 e. The molecule has 0 saturated carbocycles. The van der Waals surface area contributed by atoms with E-state index >= 15 is 0 Å². The third-order valence-corrected chi connectivity index (χ3v) is 13.6. The van der Waals surface area contributed by atoms with E-state index in [1.165, 1.54) is 60.7 Å². The Balaban J connectivity index is 1.97. The Hall–Kier alpha value is -7.42. The molecule has 0 saturated heterocycles. The number of phenols is 3. The Bertz CT molecular complexity index is 2440. The molecule has 8 atom stereocenters. The summed E-state index contributed by atoms with van der Waals surface area (Å²) in [7, 11) is 0. The molecule has 0 fully saturated rings. The highest BCUT2D eigenvalue weighted by atomic mass is 16.4. The number of carboxylic acids is 1. The van der Waals surface area contributed by atoms with Gasteiger partial charge in [0.2, 0.25) is 41.4 Å². The van der Waals surface area contributed by atoms with E-state index in [1.807, 2.05) is 0 Å². The minimum Gasteiger partial charge on any atom is -0.508 e. The second kappa shape index (κ2) is 38.3. The van der Waals surface area contributed by atoms with E-state index in [1.54, 1.807) is 12.1 Å². The number of carbonyl (C=O) groups is 8. The molecular formula is C57H89N13O12. The average molecular weight is 1150 g/mol. The normalized spacial score (nSPS) is 14.1. The number of nitrogens with one attached hydrogen (secondary N) is 7. The van der Waals surface area contributed by atoms with Gasteiger partial charge < -0.3 is 92.0 Å². The number of hydrogen-bond donors (Lipinski definition) is 17. The highest BCUT2D eigenvalue weighted by Gasteiger charge is 2.35. The van der Waals surface area contributed by atoms with Crippen LogP contribution in [-0.4, -0.2) is 149 Å². The van der Waals surface area contributed by atoms with Crippen molar-refractivity contribution in [3.05, 3.63) is 89.5 Å². The van der Waals surface area contributed by atoms with Crippen LogP contribution in [0.4, 0.5) is 0 Å². The van der Waals surface area contributed by atoms with Gasteiger partial charge in [0.15, 0.2) is 0 Å². The molecule has 0 bridgehead atoms. The number of benzene rings is 3. The molecule has 0 aliphatic rings. The van der Waals surface area contributed by atoms with Crippen molar-refractivity contribution in [2.75, 3.05) is 32.7 Å². The first-order valence-electron chi connectivity index (χ1n) is 28.3. The maximum absolute atomic E-state index is 14.7. The zero-order chi connectivity index (χ0) is 60.4. The molecule has 25 nitrogen and oxygen atoms in total. The molecule has 7 amide bonds. The van der Waals surface area contributed by atoms with E-state index in [2.05, 4.69) is 37.2 Å². The van der Waals surface area contributed by atoms with Gasteiger partial charge >= 0.3 is 5.97 Å². The Labute approximate surface area is 479 Å². The van der Waals surface area contributed by atoms with Crippen molar-refractivity contribution in [3.63, 3.8) is 0 Å². The van der Waals surface area contributed by atoms with Gasteiger partial charge in [-0.15, -0.1) is 0 Å². The lowest BCUT2D eigenvalue weighted by Gasteiger charge is -2.28. The standard InChI is InChI=1S/C57H89N13O12/c58-28-6-1-11-43(64-50(74)42(63)33-36-16-22-39(71)23-17-36)51(75)65-45(13-3-8-30-60)53(77)69-48(34-37-18-24-40(72)25-19-37)55(79)67-44(12-2-7-29-59)52(76)66-46(14-4-9-31-61)54(78)70-49(35-38-20-26-41(73)27-21-38)56(80)68-47(57(81)82)15-5-10-32-62/h16-27,42-49,71-73H,1-15,28-35,58-63H2,(H,64,74)(H,65,75)(H,66,76)(H,67,79)(H,68,80)(H,69,77)(H,70,78)(H,81,82)/t42-,43-,44-,45-,46-,47-,48-,49-/m0/s1. The fourth-order valence-electron chi connectivity index (χ4n) is 8.84. The van der Waals surface area contributed by atoms with Crippen LogP contribution in [0.15, 0.2) is 72.8 Å². The number of aromatic hydroxyl groups is 3. The smallest absolute Gasteiger partial charge is 0.326 e. The van der Waals surface area contributed by atoms with Gasteiger partial charge in [0.05, 0.1) is 6.04 Å². The lowest BCUT2D eigenvalue weighted by atomic mass is 10.0. The summed E-state index contributed by atoms with van der Waals surface area (Å²) in [6, 6.07) is 7.64. The van der Waals surface area contributed by atoms with Crippen LogP contribution in [0.1, 0.15) is 113 Å². The topological polar surface area (TPSA) is 458 Å². The zero-order valence-corrected chi connectivity index (χ0v) is 46.8. The number of carboxylic acid groups (broad SMARTS) is 1. The SMILES string of the molecule is NCCCC[C@H](NC(=O)[C@H](Cc1ccc(O)cc1)NC(=O)[C@H](CCCCN)NC(=O)[C@H](CCCCN)NC(=O)[C@H](Cc1ccc(O)cc1)NC(=O)[C@H](CCCCN)NC(=O)[C@H](CCCCN)NC(=O)[C@@H](N)Cc1ccc(O)cc1)C(=O)O. The molecule has 3 rings (SSSR count). The van der Waals surface area contributed by atoms with Crippen LogP contribution in [0.3, 0.4) is 0 Å². The van der Waals surface area contributed by atoms with Crippen LogP contribution in [0.2, 0.25) is 0 Å². The lowest BCUT2D eigenvalue weighted by molar-refractivity contribution is -0.142. The zero-order valence-electron chi connectivity index (χ0n) is 46.8. The summed E-state index contributed by atoms with van der Waals surface area (Å²) in [5.41, 5.74) is 36.8. The third-order valence-electron chi connectivity index (χ3n) is 13.6. The van der Waals surface area contributed by atoms with Crippen molar-refractivity contribution in [2.24, 2.45) is 34.4 Å². The molecule has 3 aromatic rings. The second-order valence-electron chi connectivity index (χ2n) is 20.4. The van der Waals surface area contributed by atoms with Gasteiger partial charge in [0.25, 0.3) is 0 Å². The molecule has 0 radical (unpaired) electrons. The van der Waals surface area contributed by atoms with Crippen LogP contribution in [0.5, 0.6) is 17.2 Å². The van der Waals surface area contributed by atoms with E-state index in [0.29, 0.717) is 94.0 Å². The minimum atomic E-state index is -1.42. The van der Waals surface area contributed by atoms with E-state index in [-0.39, 0.29) is 88.2 Å². The van der Waals surface area contributed by atoms with E-state index in [9.17, 15) is 58.8 Å². The van der Waals surface area contributed by atoms with Gasteiger partial charge in [0, 0.05) is 12.8 Å². The first-order chi connectivity index (χ1) is 39.3. The van der Waals surface area contributed by atoms with Gasteiger partial charge in [-0.1, -0.05) is 36.4 Å². The predicted octanol–water partition coefficient (Wildman–Crippen LogP) is -0.718. The van der Waals surface area contributed by atoms with E-state index in [0.717, 1.165) is 0 Å². The monoisotopic (exact) mass is 1150 g/mol. The number of hydrogen-bond acceptors (Lipinski definition) is 17. The second-order valence-corrected chi connectivity index (χ2v) is 20.4. The van der Waals surface area contributed by atoms with Crippen LogP contribution < -0.4 is 71.6 Å². The van der Waals surface area contributed by atoms with Crippen molar-refractivity contribution in [1.29, 1.82) is 0 Å². The molecule has 3 aromatic carbocycles. The Morgan fingerprint density at radius 2 is 0.537 bits per heavy atom. The summed E-state index contributed by atoms with van der Waals surface area (Å²) in [6.45, 7) is 1.39. The summed E-state index contributed by atoms with van der Waals surface area (Å²) in [6.07, 6.45) is 4.39. The molecule has 25 heteroatoms. The van der Waals surface area contributed by atoms with E-state index in [4.69, 9.17) is 34.4 Å². The summed E-state index contributed by atoms with van der Waals surface area (Å²) < 4.78 is 0. The van der Waals surface area contributed by atoms with E-state index < -0.39 is 95.7 Å². The first-order valence-corrected chi connectivity index (χ1v) is 28.3. The minimum absolute atomic E-state index is 0.0199. The largest absolute Gasteiger partial charge is 0.508 e. The van der Waals surface area contributed by atoms with Crippen LogP contribution in [-0.2, 0) is 57.6 Å². The molecule has 0 aromatic heterocycles. The summed E-state index contributed by atoms with van der Waals surface area (Å²) in [5, 5.41) is 58.7. The fraction of sp³-hybridized carbons (Fsp3) is 0.544. The highest BCUT2D eigenvalue weighted by molar-refractivity contribution is 5.97. The number of nitrogens with two attached hydrogens (primary N) is 6. The van der Waals surface area contributed by atoms with Crippen molar-refractivity contribution < 1.29 is 58.8 Å². The Morgan fingerprint density at radius 3 is 0.805 bits per heavy atom. The summed E-state index contributed by atoms with van der Waals surface area (Å²) in [4.78, 5) is 112. The molecular weight excluding hydrogens is 1060 g/mol. The van der Waals surface area contributed by atoms with Crippen molar-refractivity contribution >= 4 is 47.3 Å². The highest BCUT2D eigenvalue weighted by Crippen LogP contribution is 2.17. The Morgan fingerprint density at radius 1 is 0.317 bits per heavy atom. The summed E-state index contributed by atoms with van der Waals surface area (Å²) in [5.74, 6) is -6.74. The summed E-state index contributed by atoms with van der Waals surface area (Å²) >= 11 is 0. The average Bonchev–Trinajstić information content (AvgIpc) is 3.46. The molecule has 0 heterocycles. The number of phenolic OH excluding ortho intramolecular Hbond substituents is 3. The van der Waals surface area contributed by atoms with Gasteiger partial charge in [-0.25, -0.2) is 4.79 Å². The van der Waals surface area contributed by atoms with Gasteiger partial charge in [0.1, 0.15) is 59.5 Å². The maximum atomic E-state index is 14.7. The quantitative estimate of drug-likeness (QED) is 0.0312. The van der Waals surface area contributed by atoms with Crippen LogP contribution in [0, 0.1) is 0 Å². The third kappa shape index (κ3) is 26.0. The van der Waals surface area contributed by atoms with Gasteiger partial charge in [-0.2, -0.15) is 0 Å². The Kier molecular flexibility index (Phi) is 32.2. The molecule has 23 N–H and O–H groups in total. The molecule has 0 unspecified atom stereocenters. The number of unbranched alkanes of at least 4 members (excludes halogenated alkanes) is 5. The van der Waals surface area contributed by atoms with Gasteiger partial charge in [-0.3, -0.25) is 33.6 Å². The first kappa shape index (κ1) is 68.9. The molecule has 0 aliphatic carbocycles. The van der Waals surface area contributed by atoms with Crippen molar-refractivity contribution in [3.8, 4) is 17.2 Å². The molecule has 0 aliphatic heterocycles.